The van der Waals surface area contributed by atoms with E-state index in [9.17, 15) is 9.59 Å². The SMILES string of the molecule is Cc1nnc(NC(=O)CNC(C(=O)O)C(C)C)o1. The Labute approximate surface area is 104 Å². The Hall–Kier alpha value is -1.96. The molecule has 0 fully saturated rings. The predicted octanol–water partition coefficient (Wildman–Crippen LogP) is 0.0153. The summed E-state index contributed by atoms with van der Waals surface area (Å²) in [4.78, 5) is 22.4. The van der Waals surface area contributed by atoms with E-state index in [-0.39, 0.29) is 18.5 Å². The highest BCUT2D eigenvalue weighted by atomic mass is 16.4. The van der Waals surface area contributed by atoms with Gasteiger partial charge in [0.05, 0.1) is 6.54 Å². The summed E-state index contributed by atoms with van der Waals surface area (Å²) in [5.41, 5.74) is 0. The van der Waals surface area contributed by atoms with Crippen LogP contribution in [0.1, 0.15) is 19.7 Å². The van der Waals surface area contributed by atoms with Gasteiger partial charge >= 0.3 is 12.0 Å². The number of amides is 1. The minimum absolute atomic E-state index is 0.00396. The van der Waals surface area contributed by atoms with Crippen LogP contribution in [0.15, 0.2) is 4.42 Å². The third-order valence-electron chi connectivity index (χ3n) is 2.19. The number of nitrogens with zero attached hydrogens (tertiary/aromatic N) is 2. The number of aliphatic carboxylic acids is 1. The highest BCUT2D eigenvalue weighted by Gasteiger charge is 2.21. The van der Waals surface area contributed by atoms with Crippen LogP contribution in [0.4, 0.5) is 6.01 Å². The largest absolute Gasteiger partial charge is 0.480 e. The van der Waals surface area contributed by atoms with Crippen molar-refractivity contribution in [2.75, 3.05) is 11.9 Å². The lowest BCUT2D eigenvalue weighted by atomic mass is 10.1. The molecule has 1 rings (SSSR count). The van der Waals surface area contributed by atoms with Crippen LogP contribution in [-0.4, -0.2) is 39.8 Å². The lowest BCUT2D eigenvalue weighted by Crippen LogP contribution is -2.44. The molecule has 0 aliphatic carbocycles. The van der Waals surface area contributed by atoms with Crippen molar-refractivity contribution in [1.82, 2.24) is 15.5 Å². The molecule has 18 heavy (non-hydrogen) atoms. The van der Waals surface area contributed by atoms with Crippen LogP contribution in [0.3, 0.4) is 0 Å². The van der Waals surface area contributed by atoms with Crippen molar-refractivity contribution in [3.05, 3.63) is 5.89 Å². The van der Waals surface area contributed by atoms with Gasteiger partial charge in [0.25, 0.3) is 0 Å². The van der Waals surface area contributed by atoms with Gasteiger partial charge in [0.15, 0.2) is 0 Å². The van der Waals surface area contributed by atoms with Gasteiger partial charge in [0, 0.05) is 6.92 Å². The summed E-state index contributed by atoms with van der Waals surface area (Å²) < 4.78 is 4.96. The van der Waals surface area contributed by atoms with Gasteiger partial charge in [-0.3, -0.25) is 20.2 Å². The van der Waals surface area contributed by atoms with Gasteiger partial charge in [0.1, 0.15) is 6.04 Å². The van der Waals surface area contributed by atoms with E-state index in [0.29, 0.717) is 5.89 Å². The molecule has 1 heterocycles. The number of carbonyl (C=O) groups is 2. The van der Waals surface area contributed by atoms with Crippen molar-refractivity contribution >= 4 is 17.9 Å². The van der Waals surface area contributed by atoms with E-state index in [1.54, 1.807) is 20.8 Å². The van der Waals surface area contributed by atoms with Crippen molar-refractivity contribution in [1.29, 1.82) is 0 Å². The third kappa shape index (κ3) is 4.13. The van der Waals surface area contributed by atoms with Gasteiger partial charge in [-0.25, -0.2) is 0 Å². The lowest BCUT2D eigenvalue weighted by Gasteiger charge is -2.17. The van der Waals surface area contributed by atoms with E-state index >= 15 is 0 Å². The molecule has 1 unspecified atom stereocenters. The number of carboxylic acids is 1. The summed E-state index contributed by atoms with van der Waals surface area (Å²) in [6.07, 6.45) is 0. The number of hydrogen-bond acceptors (Lipinski definition) is 6. The Morgan fingerprint density at radius 1 is 1.39 bits per heavy atom. The monoisotopic (exact) mass is 256 g/mol. The second kappa shape index (κ2) is 6.10. The van der Waals surface area contributed by atoms with Gasteiger partial charge in [-0.15, -0.1) is 5.10 Å². The Kier molecular flexibility index (Phi) is 4.78. The van der Waals surface area contributed by atoms with Crippen LogP contribution < -0.4 is 10.6 Å². The minimum Gasteiger partial charge on any atom is -0.480 e. The average molecular weight is 256 g/mol. The van der Waals surface area contributed by atoms with Gasteiger partial charge in [-0.05, 0) is 5.92 Å². The first-order valence-corrected chi connectivity index (χ1v) is 5.46. The number of carbonyl (C=O) groups excluding carboxylic acids is 1. The van der Waals surface area contributed by atoms with E-state index in [1.165, 1.54) is 0 Å². The van der Waals surface area contributed by atoms with Gasteiger partial charge in [-0.2, -0.15) is 0 Å². The van der Waals surface area contributed by atoms with Crippen LogP contribution in [0.25, 0.3) is 0 Å². The molecule has 8 heteroatoms. The highest BCUT2D eigenvalue weighted by molar-refractivity contribution is 5.90. The van der Waals surface area contributed by atoms with E-state index in [2.05, 4.69) is 20.8 Å². The van der Waals surface area contributed by atoms with Crippen molar-refractivity contribution in [3.63, 3.8) is 0 Å². The molecule has 0 aliphatic rings. The summed E-state index contributed by atoms with van der Waals surface area (Å²) in [5.74, 6) is -1.22. The maximum atomic E-state index is 11.5. The molecule has 0 aromatic carbocycles. The summed E-state index contributed by atoms with van der Waals surface area (Å²) in [7, 11) is 0. The van der Waals surface area contributed by atoms with E-state index < -0.39 is 17.9 Å². The zero-order valence-electron chi connectivity index (χ0n) is 10.4. The number of hydrogen-bond donors (Lipinski definition) is 3. The first kappa shape index (κ1) is 14.1. The van der Waals surface area contributed by atoms with Crippen LogP contribution in [-0.2, 0) is 9.59 Å². The fourth-order valence-electron chi connectivity index (χ4n) is 1.32. The summed E-state index contributed by atoms with van der Waals surface area (Å²) in [5, 5.41) is 21.1. The maximum absolute atomic E-state index is 11.5. The molecule has 100 valence electrons. The van der Waals surface area contributed by atoms with Crippen LogP contribution in [0, 0.1) is 12.8 Å². The van der Waals surface area contributed by atoms with Crippen LogP contribution >= 0.6 is 0 Å². The van der Waals surface area contributed by atoms with Crippen LogP contribution in [0.5, 0.6) is 0 Å². The number of rotatable bonds is 6. The zero-order chi connectivity index (χ0) is 13.7. The molecule has 1 atom stereocenters. The first-order valence-electron chi connectivity index (χ1n) is 5.46. The van der Waals surface area contributed by atoms with Gasteiger partial charge in [-0.1, -0.05) is 18.9 Å². The second-order valence-electron chi connectivity index (χ2n) is 4.12. The summed E-state index contributed by atoms with van der Waals surface area (Å²) >= 11 is 0. The van der Waals surface area contributed by atoms with Crippen LogP contribution in [0.2, 0.25) is 0 Å². The van der Waals surface area contributed by atoms with Gasteiger partial charge < -0.3 is 9.52 Å². The fourth-order valence-corrected chi connectivity index (χ4v) is 1.32. The van der Waals surface area contributed by atoms with Crippen molar-refractivity contribution < 1.29 is 19.1 Å². The van der Waals surface area contributed by atoms with E-state index in [1.807, 2.05) is 0 Å². The molecular weight excluding hydrogens is 240 g/mol. The third-order valence-corrected chi connectivity index (χ3v) is 2.19. The molecular formula is C10H16N4O4. The minimum atomic E-state index is -0.994. The smallest absolute Gasteiger partial charge is 0.322 e. The van der Waals surface area contributed by atoms with Gasteiger partial charge in [0.2, 0.25) is 11.8 Å². The molecule has 0 saturated heterocycles. The quantitative estimate of drug-likeness (QED) is 0.656. The molecule has 0 saturated carbocycles. The normalized spacial score (nSPS) is 12.4. The molecule has 1 aromatic heterocycles. The zero-order valence-corrected chi connectivity index (χ0v) is 10.4. The topological polar surface area (TPSA) is 117 Å². The number of nitrogens with one attached hydrogen (secondary N) is 2. The number of aromatic nitrogens is 2. The summed E-state index contributed by atoms with van der Waals surface area (Å²) in [6.45, 7) is 4.97. The predicted molar refractivity (Wildman–Crippen MR) is 61.9 cm³/mol. The highest BCUT2D eigenvalue weighted by Crippen LogP contribution is 2.04. The summed E-state index contributed by atoms with van der Waals surface area (Å²) in [6, 6.07) is -0.782. The molecule has 0 aliphatic heterocycles. The van der Waals surface area contributed by atoms with Crippen molar-refractivity contribution in [2.45, 2.75) is 26.8 Å². The fraction of sp³-hybridized carbons (Fsp3) is 0.600. The molecule has 0 radical (unpaired) electrons. The van der Waals surface area contributed by atoms with Crippen molar-refractivity contribution in [3.8, 4) is 0 Å². The maximum Gasteiger partial charge on any atom is 0.322 e. The number of carboxylic acid groups (broad SMARTS) is 1. The molecule has 1 amide bonds. The molecule has 3 N–H and O–H groups in total. The number of aryl methyl sites for hydroxylation is 1. The Morgan fingerprint density at radius 2 is 2.06 bits per heavy atom. The standard InChI is InChI=1S/C10H16N4O4/c1-5(2)8(9(16)17)11-4-7(15)12-10-14-13-6(3)18-10/h5,8,11H,4H2,1-3H3,(H,16,17)(H,12,14,15). The Balaban J connectivity index is 2.43. The molecule has 0 spiro atoms. The van der Waals surface area contributed by atoms with E-state index in [4.69, 9.17) is 9.52 Å². The molecule has 1 aromatic rings. The van der Waals surface area contributed by atoms with Crippen molar-refractivity contribution in [2.24, 2.45) is 5.92 Å². The first-order chi connectivity index (χ1) is 8.40. The molecule has 8 nitrogen and oxygen atoms in total. The average Bonchev–Trinajstić information content (AvgIpc) is 2.62. The molecule has 0 bridgehead atoms. The Bertz CT molecular complexity index is 429. The Morgan fingerprint density at radius 3 is 2.50 bits per heavy atom. The van der Waals surface area contributed by atoms with E-state index in [0.717, 1.165) is 0 Å². The lowest BCUT2D eigenvalue weighted by molar-refractivity contribution is -0.140. The number of anilines is 1. The second-order valence-corrected chi connectivity index (χ2v) is 4.12.